The number of halogens is 1. The Balaban J connectivity index is 1.87. The van der Waals surface area contributed by atoms with Crippen LogP contribution in [0.25, 0.3) is 6.08 Å². The third-order valence-electron chi connectivity index (χ3n) is 7.90. The van der Waals surface area contributed by atoms with Gasteiger partial charge in [-0.15, -0.1) is 11.3 Å². The quantitative estimate of drug-likeness (QED) is 0.432. The summed E-state index contributed by atoms with van der Waals surface area (Å²) >= 11 is 1.39. The molecule has 0 aromatic carbocycles. The lowest BCUT2D eigenvalue weighted by Crippen LogP contribution is -2.46. The minimum Gasteiger partial charge on any atom is -0.455 e. The van der Waals surface area contributed by atoms with Crippen molar-refractivity contribution in [1.29, 1.82) is 0 Å². The van der Waals surface area contributed by atoms with E-state index in [4.69, 9.17) is 9.47 Å². The van der Waals surface area contributed by atoms with E-state index in [1.165, 1.54) is 17.4 Å². The van der Waals surface area contributed by atoms with Crippen molar-refractivity contribution >= 4 is 29.2 Å². The molecule has 0 spiro atoms. The van der Waals surface area contributed by atoms with Crippen molar-refractivity contribution in [2.75, 3.05) is 0 Å². The molecule has 7 nitrogen and oxygen atoms in total. The van der Waals surface area contributed by atoms with Crippen LogP contribution in [0, 0.1) is 24.2 Å². The Morgan fingerprint density at radius 2 is 2.00 bits per heavy atom. The van der Waals surface area contributed by atoms with Crippen molar-refractivity contribution in [1.82, 2.24) is 4.98 Å². The SMILES string of the molecule is CC[C@H]1C(=O)C(C)(C)[C@@H](O)CC(=O)O[C@H](C(F)=Cc2csc(C)n2)C[C@@H]2O[C@@]2(C)CCC[C@H](C)[C@@H]1O. The number of hydrogen-bond donors (Lipinski definition) is 2. The Labute approximate surface area is 217 Å². The highest BCUT2D eigenvalue weighted by molar-refractivity contribution is 7.09. The molecule has 0 saturated carbocycles. The number of ketones is 1. The number of aryl methyl sites for hydroxylation is 1. The minimum atomic E-state index is -1.35. The van der Waals surface area contributed by atoms with Crippen LogP contribution in [0.2, 0.25) is 0 Å². The molecule has 36 heavy (non-hydrogen) atoms. The lowest BCUT2D eigenvalue weighted by Gasteiger charge is -2.35. The molecule has 3 rings (SSSR count). The zero-order valence-corrected chi connectivity index (χ0v) is 22.9. The molecule has 2 saturated heterocycles. The van der Waals surface area contributed by atoms with E-state index < -0.39 is 53.5 Å². The van der Waals surface area contributed by atoms with Crippen molar-refractivity contribution in [3.05, 3.63) is 21.9 Å². The van der Waals surface area contributed by atoms with Gasteiger partial charge in [0.1, 0.15) is 11.6 Å². The van der Waals surface area contributed by atoms with Gasteiger partial charge in [-0.05, 0) is 45.1 Å². The van der Waals surface area contributed by atoms with Gasteiger partial charge in [0.15, 0.2) is 6.10 Å². The Morgan fingerprint density at radius 1 is 1.31 bits per heavy atom. The first-order valence-electron chi connectivity index (χ1n) is 12.9. The third kappa shape index (κ3) is 6.60. The summed E-state index contributed by atoms with van der Waals surface area (Å²) in [6.45, 7) is 10.7. The van der Waals surface area contributed by atoms with Crippen molar-refractivity contribution in [3.63, 3.8) is 0 Å². The highest BCUT2D eigenvalue weighted by atomic mass is 32.1. The van der Waals surface area contributed by atoms with Crippen LogP contribution in [0.4, 0.5) is 4.39 Å². The minimum absolute atomic E-state index is 0.125. The number of rotatable bonds is 3. The van der Waals surface area contributed by atoms with E-state index in [9.17, 15) is 19.8 Å². The molecule has 2 aliphatic heterocycles. The lowest BCUT2D eigenvalue weighted by atomic mass is 9.71. The summed E-state index contributed by atoms with van der Waals surface area (Å²) in [4.78, 5) is 30.5. The first kappa shape index (κ1) is 28.9. The van der Waals surface area contributed by atoms with Gasteiger partial charge in [-0.2, -0.15) is 0 Å². The Bertz CT molecular complexity index is 977. The van der Waals surface area contributed by atoms with Crippen LogP contribution >= 0.6 is 11.3 Å². The van der Waals surface area contributed by atoms with Gasteiger partial charge >= 0.3 is 5.97 Å². The van der Waals surface area contributed by atoms with Crippen LogP contribution in [0.15, 0.2) is 11.2 Å². The van der Waals surface area contributed by atoms with Gasteiger partial charge in [0.05, 0.1) is 46.5 Å². The number of cyclic esters (lactones) is 1. The van der Waals surface area contributed by atoms with Gasteiger partial charge < -0.3 is 19.7 Å². The fraction of sp³-hybridized carbons (Fsp3) is 0.741. The number of ether oxygens (including phenoxy) is 2. The highest BCUT2D eigenvalue weighted by Crippen LogP contribution is 2.45. The zero-order chi connectivity index (χ0) is 26.8. The van der Waals surface area contributed by atoms with Crippen LogP contribution in [-0.4, -0.2) is 57.0 Å². The van der Waals surface area contributed by atoms with Crippen LogP contribution < -0.4 is 0 Å². The molecule has 9 heteroatoms. The molecule has 0 radical (unpaired) electrons. The molecule has 2 aliphatic rings. The number of epoxide rings is 1. The number of aliphatic hydroxyl groups excluding tert-OH is 2. The molecule has 2 fully saturated rings. The number of carbonyl (C=O) groups excluding carboxylic acids is 2. The summed E-state index contributed by atoms with van der Waals surface area (Å²) in [5.41, 5.74) is -1.31. The third-order valence-corrected chi connectivity index (χ3v) is 8.69. The molecule has 1 aromatic rings. The van der Waals surface area contributed by atoms with Crippen LogP contribution in [0.3, 0.4) is 0 Å². The number of aliphatic hydroxyl groups is 2. The topological polar surface area (TPSA) is 109 Å². The summed E-state index contributed by atoms with van der Waals surface area (Å²) in [5.74, 6) is -2.53. The van der Waals surface area contributed by atoms with Crippen LogP contribution in [0.1, 0.15) is 83.8 Å². The number of nitrogens with zero attached hydrogens (tertiary/aromatic N) is 1. The van der Waals surface area contributed by atoms with Crippen molar-refractivity contribution in [3.8, 4) is 0 Å². The molecular formula is C27H40FNO6S. The van der Waals surface area contributed by atoms with E-state index in [2.05, 4.69) is 4.98 Å². The number of aromatic nitrogens is 1. The average molecular weight is 526 g/mol. The molecule has 202 valence electrons. The summed E-state index contributed by atoms with van der Waals surface area (Å²) in [6, 6.07) is 0. The molecule has 0 amide bonds. The first-order chi connectivity index (χ1) is 16.8. The predicted octanol–water partition coefficient (Wildman–Crippen LogP) is 4.77. The summed E-state index contributed by atoms with van der Waals surface area (Å²) in [7, 11) is 0. The van der Waals surface area contributed by atoms with Gasteiger partial charge in [0.25, 0.3) is 0 Å². The maximum Gasteiger partial charge on any atom is 0.309 e. The summed E-state index contributed by atoms with van der Waals surface area (Å²) < 4.78 is 26.7. The van der Waals surface area contributed by atoms with Crippen molar-refractivity contribution in [2.45, 2.75) is 110 Å². The molecule has 2 N–H and O–H groups in total. The number of hydrogen-bond acceptors (Lipinski definition) is 8. The second kappa shape index (κ2) is 11.4. The number of carbonyl (C=O) groups is 2. The molecule has 0 aliphatic carbocycles. The zero-order valence-electron chi connectivity index (χ0n) is 22.1. The fourth-order valence-corrected chi connectivity index (χ4v) is 5.66. The number of thiazole rings is 1. The molecule has 7 atom stereocenters. The standard InChI is InChI=1S/C27H40FNO6S/c1-7-18-24(32)15(2)9-8-10-27(6)22(35-27)12-20(19(28)11-17-14-36-16(3)29-17)34-23(31)13-21(30)26(4,5)25(18)33/h11,14-15,18,20-22,24,30,32H,7-10,12-13H2,1-6H3/t15-,18+,20-,21-,22-,24-,27-/m0/s1. The maximum absolute atomic E-state index is 15.3. The van der Waals surface area contributed by atoms with E-state index in [1.807, 2.05) is 27.7 Å². The van der Waals surface area contributed by atoms with Crippen LogP contribution in [0.5, 0.6) is 0 Å². The van der Waals surface area contributed by atoms with E-state index in [-0.39, 0.29) is 24.2 Å². The number of fused-ring (bicyclic) bond motifs is 1. The predicted molar refractivity (Wildman–Crippen MR) is 136 cm³/mol. The van der Waals surface area contributed by atoms with Gasteiger partial charge in [0.2, 0.25) is 0 Å². The second-order valence-electron chi connectivity index (χ2n) is 11.1. The molecular weight excluding hydrogens is 485 g/mol. The van der Waals surface area contributed by atoms with Crippen molar-refractivity contribution < 1.29 is 33.7 Å². The van der Waals surface area contributed by atoms with Crippen LogP contribution in [-0.2, 0) is 19.1 Å². The van der Waals surface area contributed by atoms with Gasteiger partial charge in [-0.1, -0.05) is 34.1 Å². The first-order valence-corrected chi connectivity index (χ1v) is 13.7. The van der Waals surface area contributed by atoms with Gasteiger partial charge in [-0.3, -0.25) is 9.59 Å². The number of Topliss-reactive ketones (excluding diaryl/α,β-unsaturated/α-hetero) is 1. The molecule has 3 heterocycles. The van der Waals surface area contributed by atoms with Gasteiger partial charge in [0, 0.05) is 17.7 Å². The van der Waals surface area contributed by atoms with E-state index >= 15 is 4.39 Å². The fourth-order valence-electron chi connectivity index (χ4n) is 5.09. The lowest BCUT2D eigenvalue weighted by molar-refractivity contribution is -0.155. The Kier molecular flexibility index (Phi) is 9.13. The highest BCUT2D eigenvalue weighted by Gasteiger charge is 2.53. The smallest absolute Gasteiger partial charge is 0.309 e. The molecule has 1 aromatic heterocycles. The molecule has 0 bridgehead atoms. The number of esters is 1. The summed E-state index contributed by atoms with van der Waals surface area (Å²) in [6.07, 6.45) is -0.139. The normalized spacial score (nSPS) is 36.8. The van der Waals surface area contributed by atoms with Gasteiger partial charge in [-0.25, -0.2) is 9.37 Å². The summed E-state index contributed by atoms with van der Waals surface area (Å²) in [5, 5.41) is 24.4. The Morgan fingerprint density at radius 3 is 2.61 bits per heavy atom. The largest absolute Gasteiger partial charge is 0.455 e. The maximum atomic E-state index is 15.3. The average Bonchev–Trinajstić information content (AvgIpc) is 3.24. The van der Waals surface area contributed by atoms with E-state index in [0.29, 0.717) is 25.0 Å². The van der Waals surface area contributed by atoms with E-state index in [0.717, 1.165) is 11.4 Å². The Hall–Kier alpha value is -1.68. The molecule has 0 unspecified atom stereocenters. The second-order valence-corrected chi connectivity index (χ2v) is 12.2. The monoisotopic (exact) mass is 525 g/mol. The van der Waals surface area contributed by atoms with E-state index in [1.54, 1.807) is 19.2 Å². The van der Waals surface area contributed by atoms with Crippen molar-refractivity contribution in [2.24, 2.45) is 17.3 Å².